The smallest absolute Gasteiger partial charge is 0.252 e. The Bertz CT molecular complexity index is 671. The van der Waals surface area contributed by atoms with Crippen LogP contribution in [0.2, 0.25) is 0 Å². The van der Waals surface area contributed by atoms with E-state index in [1.54, 1.807) is 7.11 Å². The minimum Gasteiger partial charge on any atom is -0.497 e. The average molecular weight is 411 g/mol. The number of halogens is 1. The zero-order chi connectivity index (χ0) is 17.5. The molecule has 0 radical (unpaired) electrons. The predicted octanol–water partition coefficient (Wildman–Crippen LogP) is 4.33. The minimum absolute atomic E-state index is 0.0444. The van der Waals surface area contributed by atoms with Crippen molar-refractivity contribution in [1.29, 1.82) is 0 Å². The normalized spacial score (nSPS) is 12.2. The summed E-state index contributed by atoms with van der Waals surface area (Å²) in [4.78, 5) is 14.7. The zero-order valence-corrected chi connectivity index (χ0v) is 16.6. The van der Waals surface area contributed by atoms with Crippen LogP contribution in [-0.2, 0) is 0 Å². The van der Waals surface area contributed by atoms with Crippen molar-refractivity contribution in [2.45, 2.75) is 19.9 Å². The van der Waals surface area contributed by atoms with E-state index in [1.165, 1.54) is 11.3 Å². The van der Waals surface area contributed by atoms with Gasteiger partial charge in [-0.2, -0.15) is 0 Å². The van der Waals surface area contributed by atoms with E-state index in [-0.39, 0.29) is 11.9 Å². The maximum Gasteiger partial charge on any atom is 0.252 e. The van der Waals surface area contributed by atoms with Crippen LogP contribution in [0.5, 0.6) is 5.75 Å². The maximum absolute atomic E-state index is 12.3. The number of nitrogens with one attached hydrogen (secondary N) is 1. The van der Waals surface area contributed by atoms with Crippen molar-refractivity contribution >= 4 is 33.2 Å². The van der Waals surface area contributed by atoms with Crippen molar-refractivity contribution in [3.8, 4) is 5.75 Å². The summed E-state index contributed by atoms with van der Waals surface area (Å²) in [5.74, 6) is 0.787. The van der Waals surface area contributed by atoms with E-state index in [4.69, 9.17) is 4.74 Å². The fraction of sp³-hybridized carbons (Fsp3) is 0.389. The summed E-state index contributed by atoms with van der Waals surface area (Å²) in [6.45, 7) is 6.65. The lowest BCUT2D eigenvalue weighted by atomic mass is 10.0. The molecule has 0 aliphatic heterocycles. The van der Waals surface area contributed by atoms with Crippen molar-refractivity contribution in [2.24, 2.45) is 0 Å². The first-order chi connectivity index (χ1) is 11.6. The summed E-state index contributed by atoms with van der Waals surface area (Å²) in [6, 6.07) is 10.0. The van der Waals surface area contributed by atoms with Crippen LogP contribution in [0.3, 0.4) is 0 Å². The highest BCUT2D eigenvalue weighted by atomic mass is 79.9. The summed E-state index contributed by atoms with van der Waals surface area (Å²) in [7, 11) is 1.67. The van der Waals surface area contributed by atoms with E-state index in [1.807, 2.05) is 29.6 Å². The van der Waals surface area contributed by atoms with Crippen LogP contribution in [0.1, 0.15) is 35.8 Å². The molecule has 0 aliphatic carbocycles. The van der Waals surface area contributed by atoms with Crippen molar-refractivity contribution in [2.75, 3.05) is 26.7 Å². The Kier molecular flexibility index (Phi) is 7.27. The van der Waals surface area contributed by atoms with Crippen LogP contribution in [0.4, 0.5) is 0 Å². The molecule has 1 amide bonds. The molecule has 1 atom stereocenters. The first-order valence-electron chi connectivity index (χ1n) is 7.99. The molecule has 0 spiro atoms. The number of methoxy groups -OCH3 is 1. The molecule has 0 aliphatic rings. The Morgan fingerprint density at radius 2 is 2.08 bits per heavy atom. The third-order valence-corrected chi connectivity index (χ3v) is 5.52. The van der Waals surface area contributed by atoms with E-state index < -0.39 is 0 Å². The summed E-state index contributed by atoms with van der Waals surface area (Å²) in [5, 5.41) is 4.92. The van der Waals surface area contributed by atoms with Crippen LogP contribution in [0.25, 0.3) is 0 Å². The first-order valence-corrected chi connectivity index (χ1v) is 9.66. The molecule has 2 aromatic rings. The number of thiophene rings is 1. The average Bonchev–Trinajstić information content (AvgIpc) is 3.05. The van der Waals surface area contributed by atoms with Gasteiger partial charge in [0.05, 0.1) is 22.5 Å². The Hall–Kier alpha value is -1.37. The number of likely N-dealkylation sites (N-methyl/N-ethyl adjacent to an activating group) is 1. The van der Waals surface area contributed by atoms with E-state index in [9.17, 15) is 4.79 Å². The van der Waals surface area contributed by atoms with Crippen LogP contribution in [0.15, 0.2) is 39.5 Å². The van der Waals surface area contributed by atoms with Gasteiger partial charge in [0, 0.05) is 11.9 Å². The molecule has 0 saturated heterocycles. The first kappa shape index (κ1) is 19.0. The molecule has 1 heterocycles. The van der Waals surface area contributed by atoms with E-state index in [0.717, 1.165) is 28.2 Å². The van der Waals surface area contributed by atoms with Crippen LogP contribution >= 0.6 is 27.3 Å². The number of amides is 1. The summed E-state index contributed by atoms with van der Waals surface area (Å²) < 4.78 is 6.30. The Balaban J connectivity index is 2.15. The molecule has 6 heteroatoms. The fourth-order valence-electron chi connectivity index (χ4n) is 2.69. The van der Waals surface area contributed by atoms with Crippen LogP contribution < -0.4 is 10.1 Å². The molecular formula is C18H23BrN2O2S. The number of rotatable bonds is 8. The number of benzene rings is 1. The van der Waals surface area contributed by atoms with Gasteiger partial charge in [0.15, 0.2) is 0 Å². The molecular weight excluding hydrogens is 388 g/mol. The summed E-state index contributed by atoms with van der Waals surface area (Å²) in [6.07, 6.45) is 0. The third kappa shape index (κ3) is 4.82. The van der Waals surface area contributed by atoms with Gasteiger partial charge < -0.3 is 10.1 Å². The van der Waals surface area contributed by atoms with Crippen LogP contribution in [0, 0.1) is 0 Å². The number of hydrogen-bond acceptors (Lipinski definition) is 4. The number of hydrogen-bond donors (Lipinski definition) is 1. The monoisotopic (exact) mass is 410 g/mol. The molecule has 1 aromatic carbocycles. The quantitative estimate of drug-likeness (QED) is 0.703. The van der Waals surface area contributed by atoms with Gasteiger partial charge in [0.25, 0.3) is 5.91 Å². The van der Waals surface area contributed by atoms with Gasteiger partial charge in [0.2, 0.25) is 0 Å². The van der Waals surface area contributed by atoms with E-state index in [0.29, 0.717) is 12.1 Å². The van der Waals surface area contributed by atoms with Gasteiger partial charge in [-0.25, -0.2) is 0 Å². The maximum atomic E-state index is 12.3. The highest BCUT2D eigenvalue weighted by Gasteiger charge is 2.20. The number of carbonyl (C=O) groups is 1. The molecule has 24 heavy (non-hydrogen) atoms. The molecule has 1 aromatic heterocycles. The minimum atomic E-state index is -0.0444. The third-order valence-electron chi connectivity index (χ3n) is 4.02. The van der Waals surface area contributed by atoms with Gasteiger partial charge in [-0.1, -0.05) is 26.0 Å². The van der Waals surface area contributed by atoms with Crippen molar-refractivity contribution in [3.05, 3.63) is 50.6 Å². The lowest BCUT2D eigenvalue weighted by Crippen LogP contribution is -2.38. The molecule has 0 fully saturated rings. The number of carbonyl (C=O) groups excluding carboxylic acids is 1. The molecule has 1 unspecified atom stereocenters. The topological polar surface area (TPSA) is 41.6 Å². The lowest BCUT2D eigenvalue weighted by molar-refractivity contribution is 0.0935. The second kappa shape index (κ2) is 9.20. The van der Waals surface area contributed by atoms with Gasteiger partial charge in [-0.05, 0) is 52.8 Å². The Labute approximate surface area is 156 Å². The van der Waals surface area contributed by atoms with E-state index in [2.05, 4.69) is 46.1 Å². The molecule has 2 rings (SSSR count). The summed E-state index contributed by atoms with van der Waals surface area (Å²) in [5.41, 5.74) is 1.83. The van der Waals surface area contributed by atoms with Crippen molar-refractivity contribution < 1.29 is 9.53 Å². The van der Waals surface area contributed by atoms with Gasteiger partial charge in [-0.3, -0.25) is 9.69 Å². The highest BCUT2D eigenvalue weighted by Crippen LogP contribution is 2.24. The molecule has 4 nitrogen and oxygen atoms in total. The van der Waals surface area contributed by atoms with Crippen molar-refractivity contribution in [1.82, 2.24) is 10.2 Å². The Morgan fingerprint density at radius 3 is 2.67 bits per heavy atom. The second-order valence-corrected chi connectivity index (χ2v) is 7.65. The predicted molar refractivity (Wildman–Crippen MR) is 103 cm³/mol. The fourth-order valence-corrected chi connectivity index (χ4v) is 3.83. The standard InChI is InChI=1S/C18H23BrN2O2S/c1-4-21(5-2)16(13-7-6-8-15(9-13)23-3)11-20-18(22)14-10-17(19)24-12-14/h6-10,12,16H,4-5,11H2,1-3H3,(H,20,22). The summed E-state index contributed by atoms with van der Waals surface area (Å²) >= 11 is 4.91. The van der Waals surface area contributed by atoms with Gasteiger partial charge in [-0.15, -0.1) is 11.3 Å². The Morgan fingerprint density at radius 1 is 1.33 bits per heavy atom. The number of ether oxygens (including phenoxy) is 1. The van der Waals surface area contributed by atoms with Crippen LogP contribution in [-0.4, -0.2) is 37.6 Å². The molecule has 0 saturated carbocycles. The van der Waals surface area contributed by atoms with E-state index >= 15 is 0 Å². The van der Waals surface area contributed by atoms with Gasteiger partial charge >= 0.3 is 0 Å². The largest absolute Gasteiger partial charge is 0.497 e. The lowest BCUT2D eigenvalue weighted by Gasteiger charge is -2.30. The number of nitrogens with zero attached hydrogens (tertiary/aromatic N) is 1. The van der Waals surface area contributed by atoms with Crippen molar-refractivity contribution in [3.63, 3.8) is 0 Å². The molecule has 1 N–H and O–H groups in total. The highest BCUT2D eigenvalue weighted by molar-refractivity contribution is 9.11. The van der Waals surface area contributed by atoms with Gasteiger partial charge in [0.1, 0.15) is 5.75 Å². The SMILES string of the molecule is CCN(CC)C(CNC(=O)c1csc(Br)c1)c1cccc(OC)c1. The molecule has 0 bridgehead atoms. The molecule has 130 valence electrons. The zero-order valence-electron chi connectivity index (χ0n) is 14.2. The second-order valence-electron chi connectivity index (χ2n) is 5.36.